The molecule has 1 rings (SSSR count). The lowest BCUT2D eigenvalue weighted by Gasteiger charge is -2.29. The molecule has 100 valence electrons. The predicted octanol–water partition coefficient (Wildman–Crippen LogP) is 1.45. The van der Waals surface area contributed by atoms with E-state index in [1.807, 2.05) is 0 Å². The van der Waals surface area contributed by atoms with E-state index in [0.717, 1.165) is 19.4 Å². The minimum absolute atomic E-state index is 0.122. The Morgan fingerprint density at radius 1 is 1.24 bits per heavy atom. The monoisotopic (exact) mass is 242 g/mol. The average Bonchev–Trinajstić information content (AvgIpc) is 2.35. The number of rotatable bonds is 7. The van der Waals surface area contributed by atoms with Crippen LogP contribution in [0.4, 0.5) is 0 Å². The molecule has 0 spiro atoms. The Morgan fingerprint density at radius 3 is 2.47 bits per heavy atom. The van der Waals surface area contributed by atoms with E-state index in [1.165, 1.54) is 19.3 Å². The molecule has 0 atom stereocenters. The van der Waals surface area contributed by atoms with Crippen LogP contribution in [0.2, 0.25) is 0 Å². The lowest BCUT2D eigenvalue weighted by molar-refractivity contribution is -0.122. The summed E-state index contributed by atoms with van der Waals surface area (Å²) in [4.78, 5) is 11.5. The molecule has 4 nitrogen and oxygen atoms in total. The zero-order valence-corrected chi connectivity index (χ0v) is 11.1. The molecule has 0 saturated heterocycles. The topological polar surface area (TPSA) is 50.4 Å². The molecule has 1 saturated carbocycles. The van der Waals surface area contributed by atoms with Crippen LogP contribution in [0.5, 0.6) is 0 Å². The second-order valence-electron chi connectivity index (χ2n) is 4.81. The molecule has 4 heteroatoms. The van der Waals surface area contributed by atoms with Crippen LogP contribution < -0.4 is 10.6 Å². The van der Waals surface area contributed by atoms with Crippen molar-refractivity contribution in [2.45, 2.75) is 57.5 Å². The average molecular weight is 242 g/mol. The van der Waals surface area contributed by atoms with Gasteiger partial charge in [0.1, 0.15) is 0 Å². The van der Waals surface area contributed by atoms with Crippen LogP contribution >= 0.6 is 0 Å². The fourth-order valence-electron chi connectivity index (χ4n) is 2.28. The Labute approximate surface area is 104 Å². The molecule has 17 heavy (non-hydrogen) atoms. The van der Waals surface area contributed by atoms with Gasteiger partial charge in [0.2, 0.25) is 5.91 Å². The number of carbonyl (C=O) groups excluding carboxylic acids is 1. The Bertz CT molecular complexity index is 213. The fourth-order valence-corrected chi connectivity index (χ4v) is 2.28. The molecule has 0 radical (unpaired) electrons. The number of hydrogen-bond acceptors (Lipinski definition) is 3. The van der Waals surface area contributed by atoms with Crippen molar-refractivity contribution in [3.05, 3.63) is 0 Å². The van der Waals surface area contributed by atoms with Crippen LogP contribution in [-0.2, 0) is 9.53 Å². The maximum Gasteiger partial charge on any atom is 0.222 e. The van der Waals surface area contributed by atoms with Crippen LogP contribution in [-0.4, -0.2) is 38.3 Å². The predicted molar refractivity (Wildman–Crippen MR) is 69.0 cm³/mol. The second kappa shape index (κ2) is 8.48. The minimum Gasteiger partial charge on any atom is -0.384 e. The van der Waals surface area contributed by atoms with E-state index in [9.17, 15) is 4.79 Å². The maximum absolute atomic E-state index is 11.5. The summed E-state index contributed by atoms with van der Waals surface area (Å²) >= 11 is 0. The fraction of sp³-hybridized carbons (Fsp3) is 0.923. The molecule has 0 heterocycles. The van der Waals surface area contributed by atoms with Gasteiger partial charge in [0.05, 0.1) is 6.61 Å². The molecule has 1 amide bonds. The van der Waals surface area contributed by atoms with E-state index in [4.69, 9.17) is 4.74 Å². The molecule has 0 aliphatic heterocycles. The van der Waals surface area contributed by atoms with E-state index in [0.29, 0.717) is 25.1 Å². The third kappa shape index (κ3) is 6.03. The smallest absolute Gasteiger partial charge is 0.222 e. The highest BCUT2D eigenvalue weighted by molar-refractivity contribution is 5.76. The van der Waals surface area contributed by atoms with Gasteiger partial charge in [0.25, 0.3) is 0 Å². The summed E-state index contributed by atoms with van der Waals surface area (Å²) < 4.78 is 4.89. The Morgan fingerprint density at radius 2 is 1.88 bits per heavy atom. The quantitative estimate of drug-likeness (QED) is 0.710. The molecule has 0 unspecified atom stereocenters. The maximum atomic E-state index is 11.5. The summed E-state index contributed by atoms with van der Waals surface area (Å²) in [6, 6.07) is 1.03. The van der Waals surface area contributed by atoms with E-state index in [-0.39, 0.29) is 5.91 Å². The first kappa shape index (κ1) is 14.5. The Balaban J connectivity index is 2.12. The van der Waals surface area contributed by atoms with E-state index >= 15 is 0 Å². The van der Waals surface area contributed by atoms with E-state index < -0.39 is 0 Å². The summed E-state index contributed by atoms with van der Waals surface area (Å²) in [7, 11) is 1.62. The Kier molecular flexibility index (Phi) is 7.21. The minimum atomic E-state index is 0.122. The van der Waals surface area contributed by atoms with Crippen molar-refractivity contribution in [2.75, 3.05) is 20.3 Å². The van der Waals surface area contributed by atoms with Gasteiger partial charge < -0.3 is 15.4 Å². The summed E-state index contributed by atoms with van der Waals surface area (Å²) in [6.07, 6.45) is 6.21. The van der Waals surface area contributed by atoms with Crippen molar-refractivity contribution < 1.29 is 9.53 Å². The summed E-state index contributed by atoms with van der Waals surface area (Å²) in [5, 5.41) is 6.63. The normalized spacial score (nSPS) is 24.6. The molecule has 1 fully saturated rings. The third-order valence-corrected chi connectivity index (χ3v) is 3.31. The highest BCUT2D eigenvalue weighted by Gasteiger charge is 2.21. The molecule has 0 aromatic heterocycles. The van der Waals surface area contributed by atoms with Gasteiger partial charge in [0.15, 0.2) is 0 Å². The summed E-state index contributed by atoms with van der Waals surface area (Å²) in [6.45, 7) is 3.81. The van der Waals surface area contributed by atoms with Crippen molar-refractivity contribution in [1.82, 2.24) is 10.6 Å². The second-order valence-corrected chi connectivity index (χ2v) is 4.81. The molecule has 0 bridgehead atoms. The number of amides is 1. The van der Waals surface area contributed by atoms with E-state index in [2.05, 4.69) is 17.6 Å². The molecular weight excluding hydrogens is 216 g/mol. The van der Waals surface area contributed by atoms with E-state index in [1.54, 1.807) is 7.11 Å². The van der Waals surface area contributed by atoms with Crippen LogP contribution in [0.25, 0.3) is 0 Å². The number of methoxy groups -OCH3 is 1. The van der Waals surface area contributed by atoms with Crippen molar-refractivity contribution >= 4 is 5.91 Å². The third-order valence-electron chi connectivity index (χ3n) is 3.31. The first-order valence-corrected chi connectivity index (χ1v) is 6.78. The van der Waals surface area contributed by atoms with Crippen LogP contribution in [0.3, 0.4) is 0 Å². The zero-order chi connectivity index (χ0) is 12.5. The van der Waals surface area contributed by atoms with Gasteiger partial charge in [-0.3, -0.25) is 4.79 Å². The molecular formula is C13H26N2O2. The molecule has 0 aromatic carbocycles. The number of carbonyl (C=O) groups is 1. The van der Waals surface area contributed by atoms with Crippen LogP contribution in [0.15, 0.2) is 0 Å². The van der Waals surface area contributed by atoms with Gasteiger partial charge in [-0.1, -0.05) is 6.92 Å². The first-order valence-electron chi connectivity index (χ1n) is 6.78. The van der Waals surface area contributed by atoms with Crippen molar-refractivity contribution in [3.8, 4) is 0 Å². The van der Waals surface area contributed by atoms with Crippen molar-refractivity contribution in [2.24, 2.45) is 0 Å². The van der Waals surface area contributed by atoms with Gasteiger partial charge >= 0.3 is 0 Å². The van der Waals surface area contributed by atoms with Crippen LogP contribution in [0.1, 0.15) is 45.4 Å². The number of hydrogen-bond donors (Lipinski definition) is 2. The molecule has 2 N–H and O–H groups in total. The SMILES string of the molecule is CCCNC1CCC(NC(=O)CCOC)CC1. The van der Waals surface area contributed by atoms with Gasteiger partial charge in [-0.15, -0.1) is 0 Å². The van der Waals surface area contributed by atoms with Gasteiger partial charge in [0, 0.05) is 25.6 Å². The molecule has 1 aliphatic carbocycles. The zero-order valence-electron chi connectivity index (χ0n) is 11.1. The number of nitrogens with one attached hydrogen (secondary N) is 2. The molecule has 1 aliphatic rings. The standard InChI is InChI=1S/C13H26N2O2/c1-3-9-14-11-4-6-12(7-5-11)15-13(16)8-10-17-2/h11-12,14H,3-10H2,1-2H3,(H,15,16). The van der Waals surface area contributed by atoms with Gasteiger partial charge in [-0.2, -0.15) is 0 Å². The van der Waals surface area contributed by atoms with Crippen molar-refractivity contribution in [3.63, 3.8) is 0 Å². The highest BCUT2D eigenvalue weighted by Crippen LogP contribution is 2.18. The first-order chi connectivity index (χ1) is 8.26. The number of ether oxygens (including phenoxy) is 1. The Hall–Kier alpha value is -0.610. The van der Waals surface area contributed by atoms with Gasteiger partial charge in [-0.25, -0.2) is 0 Å². The summed E-state index contributed by atoms with van der Waals surface area (Å²) in [5.41, 5.74) is 0. The lowest BCUT2D eigenvalue weighted by atomic mass is 9.91. The van der Waals surface area contributed by atoms with Crippen molar-refractivity contribution in [1.29, 1.82) is 0 Å². The van der Waals surface area contributed by atoms with Crippen LogP contribution in [0, 0.1) is 0 Å². The largest absolute Gasteiger partial charge is 0.384 e. The lowest BCUT2D eigenvalue weighted by Crippen LogP contribution is -2.42. The highest BCUT2D eigenvalue weighted by atomic mass is 16.5. The molecule has 0 aromatic rings. The van der Waals surface area contributed by atoms with Gasteiger partial charge in [-0.05, 0) is 38.6 Å². The summed E-state index contributed by atoms with van der Waals surface area (Å²) in [5.74, 6) is 0.122.